The molecule has 132 valence electrons. The third-order valence-electron chi connectivity index (χ3n) is 4.68. The fraction of sp³-hybridized carbons (Fsp3) is 0.588. The van der Waals surface area contributed by atoms with Crippen LogP contribution in [0.4, 0.5) is 0 Å². The highest BCUT2D eigenvalue weighted by Crippen LogP contribution is 2.16. The van der Waals surface area contributed by atoms with E-state index >= 15 is 0 Å². The van der Waals surface area contributed by atoms with E-state index in [-0.39, 0.29) is 5.75 Å². The average molecular weight is 350 g/mol. The molecule has 1 aliphatic rings. The first-order valence-electron chi connectivity index (χ1n) is 8.64. The first kappa shape index (κ1) is 17.4. The minimum Gasteiger partial charge on any atom is -0.308 e. The molecule has 3 rings (SSSR count). The predicted molar refractivity (Wildman–Crippen MR) is 95.4 cm³/mol. The molecule has 2 aromatic heterocycles. The normalized spacial score (nSPS) is 17.6. The van der Waals surface area contributed by atoms with Crippen LogP contribution in [-0.4, -0.2) is 47.0 Å². The molecule has 1 fully saturated rings. The van der Waals surface area contributed by atoms with E-state index < -0.39 is 10.0 Å². The van der Waals surface area contributed by atoms with Gasteiger partial charge in [-0.1, -0.05) is 13.0 Å². The highest BCUT2D eigenvalue weighted by atomic mass is 32.2. The van der Waals surface area contributed by atoms with Crippen LogP contribution >= 0.6 is 0 Å². The van der Waals surface area contributed by atoms with E-state index in [9.17, 15) is 8.42 Å². The Bertz CT molecular complexity index is 792. The highest BCUT2D eigenvalue weighted by Gasteiger charge is 2.27. The second kappa shape index (κ2) is 7.21. The number of piperidine rings is 1. The van der Waals surface area contributed by atoms with Gasteiger partial charge in [-0.3, -0.25) is 0 Å². The van der Waals surface area contributed by atoms with Crippen LogP contribution in [0.5, 0.6) is 0 Å². The summed E-state index contributed by atoms with van der Waals surface area (Å²) < 4.78 is 28.0. The van der Waals surface area contributed by atoms with Gasteiger partial charge in [-0.15, -0.1) is 0 Å². The summed E-state index contributed by atoms with van der Waals surface area (Å²) in [6.07, 6.45) is 4.31. The summed E-state index contributed by atoms with van der Waals surface area (Å²) in [4.78, 5) is 4.44. The SMILES string of the molecule is CCCS(=O)(=O)N1CCC(NCc2cnc3cccc(C)n23)CC1. The monoisotopic (exact) mass is 350 g/mol. The van der Waals surface area contributed by atoms with Gasteiger partial charge in [0, 0.05) is 31.4 Å². The molecule has 0 saturated carbocycles. The maximum atomic E-state index is 12.1. The van der Waals surface area contributed by atoms with Gasteiger partial charge >= 0.3 is 0 Å². The quantitative estimate of drug-likeness (QED) is 0.864. The van der Waals surface area contributed by atoms with Crippen LogP contribution in [0, 0.1) is 6.92 Å². The number of sulfonamides is 1. The van der Waals surface area contributed by atoms with Crippen molar-refractivity contribution in [1.29, 1.82) is 0 Å². The van der Waals surface area contributed by atoms with Crippen molar-refractivity contribution in [2.24, 2.45) is 0 Å². The van der Waals surface area contributed by atoms with Crippen molar-refractivity contribution < 1.29 is 8.42 Å². The van der Waals surface area contributed by atoms with E-state index in [2.05, 4.69) is 27.7 Å². The average Bonchev–Trinajstić information content (AvgIpc) is 2.98. The van der Waals surface area contributed by atoms with Crippen LogP contribution in [-0.2, 0) is 16.6 Å². The number of rotatable bonds is 6. The van der Waals surface area contributed by atoms with E-state index in [0.29, 0.717) is 25.6 Å². The van der Waals surface area contributed by atoms with Gasteiger partial charge in [-0.25, -0.2) is 17.7 Å². The number of nitrogens with zero attached hydrogens (tertiary/aromatic N) is 3. The largest absolute Gasteiger partial charge is 0.308 e. The van der Waals surface area contributed by atoms with Gasteiger partial charge in [0.15, 0.2) is 0 Å². The first-order chi connectivity index (χ1) is 11.5. The van der Waals surface area contributed by atoms with E-state index in [1.165, 1.54) is 5.69 Å². The molecule has 0 aromatic carbocycles. The molecule has 1 aliphatic heterocycles. The zero-order chi connectivity index (χ0) is 17.2. The Morgan fingerprint density at radius 1 is 1.29 bits per heavy atom. The Kier molecular flexibility index (Phi) is 5.22. The highest BCUT2D eigenvalue weighted by molar-refractivity contribution is 7.89. The van der Waals surface area contributed by atoms with Crippen molar-refractivity contribution in [2.45, 2.75) is 45.7 Å². The number of aromatic nitrogens is 2. The Hall–Kier alpha value is -1.44. The number of nitrogens with one attached hydrogen (secondary N) is 1. The molecule has 24 heavy (non-hydrogen) atoms. The Labute approximate surface area is 143 Å². The molecule has 0 aliphatic carbocycles. The first-order valence-corrected chi connectivity index (χ1v) is 10.3. The topological polar surface area (TPSA) is 66.7 Å². The Morgan fingerprint density at radius 2 is 2.04 bits per heavy atom. The van der Waals surface area contributed by atoms with Crippen molar-refractivity contribution >= 4 is 15.7 Å². The number of hydrogen-bond donors (Lipinski definition) is 1. The number of pyridine rings is 1. The lowest BCUT2D eigenvalue weighted by molar-refractivity contribution is 0.288. The predicted octanol–water partition coefficient (Wildman–Crippen LogP) is 1.94. The molecule has 1 saturated heterocycles. The third kappa shape index (κ3) is 3.63. The number of aryl methyl sites for hydroxylation is 1. The molecule has 0 radical (unpaired) electrons. The standard InChI is InChI=1S/C17H26N4O2S/c1-3-11-24(22,23)20-9-7-15(8-10-20)18-12-16-13-19-17-6-4-5-14(2)21(16)17/h4-6,13,15,18H,3,7-12H2,1-2H3. The summed E-state index contributed by atoms with van der Waals surface area (Å²) in [5, 5.41) is 3.57. The number of fused-ring (bicyclic) bond motifs is 1. The summed E-state index contributed by atoms with van der Waals surface area (Å²) in [7, 11) is -3.06. The van der Waals surface area contributed by atoms with E-state index in [1.807, 2.05) is 25.3 Å². The maximum absolute atomic E-state index is 12.1. The zero-order valence-electron chi connectivity index (χ0n) is 14.4. The van der Waals surface area contributed by atoms with Crippen molar-refractivity contribution in [2.75, 3.05) is 18.8 Å². The van der Waals surface area contributed by atoms with Gasteiger partial charge in [0.05, 0.1) is 17.6 Å². The zero-order valence-corrected chi connectivity index (χ0v) is 15.2. The molecular formula is C17H26N4O2S. The van der Waals surface area contributed by atoms with Gasteiger partial charge in [0.25, 0.3) is 0 Å². The molecule has 0 spiro atoms. The van der Waals surface area contributed by atoms with Crippen molar-refractivity contribution in [3.63, 3.8) is 0 Å². The Morgan fingerprint density at radius 3 is 2.75 bits per heavy atom. The van der Waals surface area contributed by atoms with Crippen LogP contribution in [0.25, 0.3) is 5.65 Å². The summed E-state index contributed by atoms with van der Waals surface area (Å²) in [6, 6.07) is 6.46. The molecule has 0 atom stereocenters. The maximum Gasteiger partial charge on any atom is 0.214 e. The van der Waals surface area contributed by atoms with Gasteiger partial charge < -0.3 is 9.72 Å². The van der Waals surface area contributed by atoms with Gasteiger partial charge in [-0.2, -0.15) is 0 Å². The van der Waals surface area contributed by atoms with Crippen LogP contribution in [0.15, 0.2) is 24.4 Å². The molecule has 7 heteroatoms. The number of imidazole rings is 1. The van der Waals surface area contributed by atoms with Crippen LogP contribution in [0.3, 0.4) is 0 Å². The van der Waals surface area contributed by atoms with E-state index in [4.69, 9.17) is 0 Å². The van der Waals surface area contributed by atoms with Crippen LogP contribution in [0.1, 0.15) is 37.6 Å². The molecule has 2 aromatic rings. The lowest BCUT2D eigenvalue weighted by atomic mass is 10.1. The summed E-state index contributed by atoms with van der Waals surface area (Å²) in [5.74, 6) is 0.256. The van der Waals surface area contributed by atoms with Crippen molar-refractivity contribution in [1.82, 2.24) is 19.0 Å². The molecule has 0 unspecified atom stereocenters. The second-order valence-electron chi connectivity index (χ2n) is 6.48. The Balaban J connectivity index is 1.57. The van der Waals surface area contributed by atoms with Crippen LogP contribution in [0.2, 0.25) is 0 Å². The van der Waals surface area contributed by atoms with Crippen molar-refractivity contribution in [3.05, 3.63) is 35.8 Å². The smallest absolute Gasteiger partial charge is 0.214 e. The minimum atomic E-state index is -3.06. The fourth-order valence-corrected chi connectivity index (χ4v) is 4.92. The molecule has 0 bridgehead atoms. The lowest BCUT2D eigenvalue weighted by Crippen LogP contribution is -2.45. The molecular weight excluding hydrogens is 324 g/mol. The van der Waals surface area contributed by atoms with E-state index in [0.717, 1.165) is 30.7 Å². The summed E-state index contributed by atoms with van der Waals surface area (Å²) in [5.41, 5.74) is 3.28. The molecule has 3 heterocycles. The van der Waals surface area contributed by atoms with Crippen molar-refractivity contribution in [3.8, 4) is 0 Å². The fourth-order valence-electron chi connectivity index (χ4n) is 3.37. The second-order valence-corrected chi connectivity index (χ2v) is 8.57. The van der Waals surface area contributed by atoms with Gasteiger partial charge in [0.1, 0.15) is 5.65 Å². The molecule has 1 N–H and O–H groups in total. The van der Waals surface area contributed by atoms with Gasteiger partial charge in [0.2, 0.25) is 10.0 Å². The van der Waals surface area contributed by atoms with E-state index in [1.54, 1.807) is 4.31 Å². The molecule has 6 nitrogen and oxygen atoms in total. The summed E-state index contributed by atoms with van der Waals surface area (Å²) in [6.45, 7) is 5.97. The molecule has 0 amide bonds. The van der Waals surface area contributed by atoms with Gasteiger partial charge in [-0.05, 0) is 38.3 Å². The lowest BCUT2D eigenvalue weighted by Gasteiger charge is -2.31. The minimum absolute atomic E-state index is 0.256. The van der Waals surface area contributed by atoms with Crippen LogP contribution < -0.4 is 5.32 Å². The third-order valence-corrected chi connectivity index (χ3v) is 6.75. The number of hydrogen-bond acceptors (Lipinski definition) is 4. The summed E-state index contributed by atoms with van der Waals surface area (Å²) >= 11 is 0.